The van der Waals surface area contributed by atoms with Crippen LogP contribution in [0.4, 0.5) is 0 Å². The molecular weight excluding hydrogens is 152 g/mol. The van der Waals surface area contributed by atoms with E-state index in [2.05, 4.69) is 26.2 Å². The maximum Gasteiger partial charge on any atom is 0.0735 e. The molecule has 74 valence electrons. The van der Waals surface area contributed by atoms with E-state index in [1.165, 1.54) is 0 Å². The van der Waals surface area contributed by atoms with Crippen LogP contribution >= 0.6 is 0 Å². The van der Waals surface area contributed by atoms with Gasteiger partial charge >= 0.3 is 0 Å². The van der Waals surface area contributed by atoms with Crippen molar-refractivity contribution in [3.8, 4) is 0 Å². The van der Waals surface area contributed by atoms with Gasteiger partial charge in [0.15, 0.2) is 0 Å². The van der Waals surface area contributed by atoms with Crippen molar-refractivity contribution in [2.45, 2.75) is 45.8 Å². The Hall–Kier alpha value is -0.120. The molecule has 0 fully saturated rings. The fourth-order valence-corrected chi connectivity index (χ4v) is 1.45. The predicted octanol–water partition coefficient (Wildman–Crippen LogP) is 1.29. The molecule has 2 atom stereocenters. The minimum atomic E-state index is 0.234. The van der Waals surface area contributed by atoms with Crippen LogP contribution in [0, 0.1) is 5.92 Å². The Kier molecular flexibility index (Phi) is 6.34. The number of hydrogen-bond acceptors (Lipinski definition) is 3. The van der Waals surface area contributed by atoms with Gasteiger partial charge in [0.05, 0.1) is 6.10 Å². The van der Waals surface area contributed by atoms with E-state index in [1.54, 1.807) is 7.11 Å². The molecule has 0 aliphatic rings. The molecular formula is C9H22N2O. The van der Waals surface area contributed by atoms with Crippen LogP contribution in [0.5, 0.6) is 0 Å². The summed E-state index contributed by atoms with van der Waals surface area (Å²) in [5.74, 6) is 6.09. The summed E-state index contributed by atoms with van der Waals surface area (Å²) in [6.45, 7) is 6.48. The first-order chi connectivity index (χ1) is 5.65. The Labute approximate surface area is 75.6 Å². The standard InChI is InChI=1S/C9H22N2O/c1-5-9(12-4)8(11-10)6-7(2)3/h7-9,11H,5-6,10H2,1-4H3. The fourth-order valence-electron chi connectivity index (χ4n) is 1.45. The van der Waals surface area contributed by atoms with E-state index in [9.17, 15) is 0 Å². The van der Waals surface area contributed by atoms with Gasteiger partial charge in [-0.05, 0) is 18.8 Å². The molecule has 3 N–H and O–H groups in total. The first-order valence-electron chi connectivity index (χ1n) is 4.64. The van der Waals surface area contributed by atoms with Crippen molar-refractivity contribution in [3.05, 3.63) is 0 Å². The minimum absolute atomic E-state index is 0.234. The fraction of sp³-hybridized carbons (Fsp3) is 1.00. The Balaban J connectivity index is 3.92. The van der Waals surface area contributed by atoms with Crippen LogP contribution in [0.1, 0.15) is 33.6 Å². The van der Waals surface area contributed by atoms with Gasteiger partial charge in [-0.3, -0.25) is 11.3 Å². The number of hydrogen-bond donors (Lipinski definition) is 2. The summed E-state index contributed by atoms with van der Waals surface area (Å²) < 4.78 is 5.31. The number of methoxy groups -OCH3 is 1. The van der Waals surface area contributed by atoms with Crippen molar-refractivity contribution < 1.29 is 4.74 Å². The lowest BCUT2D eigenvalue weighted by Gasteiger charge is -2.25. The lowest BCUT2D eigenvalue weighted by atomic mass is 9.98. The van der Waals surface area contributed by atoms with Gasteiger partial charge in [-0.15, -0.1) is 0 Å². The summed E-state index contributed by atoms with van der Waals surface area (Å²) >= 11 is 0. The van der Waals surface area contributed by atoms with Crippen molar-refractivity contribution in [1.82, 2.24) is 5.43 Å². The molecule has 0 spiro atoms. The highest BCUT2D eigenvalue weighted by atomic mass is 16.5. The highest BCUT2D eigenvalue weighted by Crippen LogP contribution is 2.11. The second-order valence-electron chi connectivity index (χ2n) is 3.59. The molecule has 0 saturated carbocycles. The van der Waals surface area contributed by atoms with Crippen LogP contribution in [0.2, 0.25) is 0 Å². The average molecular weight is 174 g/mol. The molecule has 0 aliphatic heterocycles. The summed E-state index contributed by atoms with van der Waals surface area (Å²) in [6.07, 6.45) is 2.29. The summed E-state index contributed by atoms with van der Waals surface area (Å²) in [4.78, 5) is 0. The highest BCUT2D eigenvalue weighted by Gasteiger charge is 2.18. The zero-order valence-corrected chi connectivity index (χ0v) is 8.63. The Morgan fingerprint density at radius 3 is 2.25 bits per heavy atom. The number of hydrazine groups is 1. The Morgan fingerprint density at radius 1 is 1.42 bits per heavy atom. The summed E-state index contributed by atoms with van der Waals surface area (Å²) in [5, 5.41) is 0. The molecule has 3 heteroatoms. The molecule has 0 aliphatic carbocycles. The van der Waals surface area contributed by atoms with E-state index in [0.717, 1.165) is 12.8 Å². The van der Waals surface area contributed by atoms with Crippen LogP contribution in [0.25, 0.3) is 0 Å². The summed E-state index contributed by atoms with van der Waals surface area (Å²) in [7, 11) is 1.73. The van der Waals surface area contributed by atoms with Gasteiger partial charge in [0.25, 0.3) is 0 Å². The average Bonchev–Trinajstić information content (AvgIpc) is 2.04. The molecule has 0 aromatic carbocycles. The van der Waals surface area contributed by atoms with E-state index in [4.69, 9.17) is 10.6 Å². The summed E-state index contributed by atoms with van der Waals surface area (Å²) in [5.41, 5.74) is 2.81. The Bertz CT molecular complexity index is 103. The third-order valence-electron chi connectivity index (χ3n) is 2.09. The lowest BCUT2D eigenvalue weighted by Crippen LogP contribution is -2.45. The molecule has 0 radical (unpaired) electrons. The second-order valence-corrected chi connectivity index (χ2v) is 3.59. The lowest BCUT2D eigenvalue weighted by molar-refractivity contribution is 0.0584. The van der Waals surface area contributed by atoms with Gasteiger partial charge in [0, 0.05) is 13.2 Å². The first-order valence-corrected chi connectivity index (χ1v) is 4.64. The molecule has 2 unspecified atom stereocenters. The highest BCUT2D eigenvalue weighted by molar-refractivity contribution is 4.74. The van der Waals surface area contributed by atoms with Gasteiger partial charge in [0.2, 0.25) is 0 Å². The van der Waals surface area contributed by atoms with Crippen molar-refractivity contribution in [2.75, 3.05) is 7.11 Å². The number of rotatable bonds is 6. The molecule has 0 amide bonds. The number of nitrogens with one attached hydrogen (secondary N) is 1. The third kappa shape index (κ3) is 4.04. The van der Waals surface area contributed by atoms with E-state index >= 15 is 0 Å². The minimum Gasteiger partial charge on any atom is -0.380 e. The van der Waals surface area contributed by atoms with Crippen molar-refractivity contribution in [3.63, 3.8) is 0 Å². The van der Waals surface area contributed by atoms with Gasteiger partial charge < -0.3 is 4.74 Å². The molecule has 12 heavy (non-hydrogen) atoms. The van der Waals surface area contributed by atoms with E-state index in [0.29, 0.717) is 5.92 Å². The maximum absolute atomic E-state index is 5.44. The summed E-state index contributed by atoms with van der Waals surface area (Å²) in [6, 6.07) is 0.278. The SMILES string of the molecule is CCC(OC)C(CC(C)C)NN. The smallest absolute Gasteiger partial charge is 0.0735 e. The molecule has 0 aromatic heterocycles. The van der Waals surface area contributed by atoms with Crippen LogP contribution < -0.4 is 11.3 Å². The maximum atomic E-state index is 5.44. The largest absolute Gasteiger partial charge is 0.380 e. The zero-order chi connectivity index (χ0) is 9.56. The van der Waals surface area contributed by atoms with E-state index < -0.39 is 0 Å². The quantitative estimate of drug-likeness (QED) is 0.471. The van der Waals surface area contributed by atoms with Gasteiger partial charge in [0.1, 0.15) is 0 Å². The number of ether oxygens (including phenoxy) is 1. The van der Waals surface area contributed by atoms with Crippen LogP contribution in [0.3, 0.4) is 0 Å². The molecule has 3 nitrogen and oxygen atoms in total. The van der Waals surface area contributed by atoms with Crippen molar-refractivity contribution in [2.24, 2.45) is 11.8 Å². The molecule has 0 aromatic rings. The monoisotopic (exact) mass is 174 g/mol. The zero-order valence-electron chi connectivity index (χ0n) is 8.63. The van der Waals surface area contributed by atoms with Crippen LogP contribution in [-0.2, 0) is 4.74 Å². The van der Waals surface area contributed by atoms with Crippen molar-refractivity contribution >= 4 is 0 Å². The molecule has 0 saturated heterocycles. The normalized spacial score (nSPS) is 16.5. The van der Waals surface area contributed by atoms with Gasteiger partial charge in [-0.25, -0.2) is 0 Å². The van der Waals surface area contributed by atoms with E-state index in [-0.39, 0.29) is 12.1 Å². The van der Waals surface area contributed by atoms with Crippen molar-refractivity contribution in [1.29, 1.82) is 0 Å². The topological polar surface area (TPSA) is 47.3 Å². The third-order valence-corrected chi connectivity index (χ3v) is 2.09. The predicted molar refractivity (Wildman–Crippen MR) is 51.7 cm³/mol. The van der Waals surface area contributed by atoms with Gasteiger partial charge in [-0.1, -0.05) is 20.8 Å². The molecule has 0 heterocycles. The van der Waals surface area contributed by atoms with Gasteiger partial charge in [-0.2, -0.15) is 0 Å². The van der Waals surface area contributed by atoms with Crippen LogP contribution in [-0.4, -0.2) is 19.3 Å². The van der Waals surface area contributed by atoms with Crippen LogP contribution in [0.15, 0.2) is 0 Å². The first kappa shape index (κ1) is 11.9. The second kappa shape index (κ2) is 6.40. The van der Waals surface area contributed by atoms with E-state index in [1.807, 2.05) is 0 Å². The Morgan fingerprint density at radius 2 is 2.00 bits per heavy atom. The molecule has 0 bridgehead atoms. The number of nitrogens with two attached hydrogens (primary N) is 1. The molecule has 0 rings (SSSR count).